The van der Waals surface area contributed by atoms with Gasteiger partial charge in [-0.05, 0) is 65.9 Å². The number of amides is 1. The van der Waals surface area contributed by atoms with Crippen LogP contribution in [0.5, 0.6) is 5.75 Å². The van der Waals surface area contributed by atoms with Crippen LogP contribution >= 0.6 is 38.9 Å². The summed E-state index contributed by atoms with van der Waals surface area (Å²) in [6.45, 7) is 6.23. The summed E-state index contributed by atoms with van der Waals surface area (Å²) in [5.41, 5.74) is 3.88. The lowest BCUT2D eigenvalue weighted by Gasteiger charge is -2.13. The monoisotopic (exact) mass is 549 g/mol. The molecule has 1 N–H and O–H groups in total. The van der Waals surface area contributed by atoms with Gasteiger partial charge in [0.2, 0.25) is 5.91 Å². The number of thiophene rings is 1. The van der Waals surface area contributed by atoms with Crippen molar-refractivity contribution in [3.05, 3.63) is 68.0 Å². The molecule has 0 aliphatic heterocycles. The zero-order valence-corrected chi connectivity index (χ0v) is 21.8. The second kappa shape index (κ2) is 11.7. The summed E-state index contributed by atoms with van der Waals surface area (Å²) in [6, 6.07) is 11.4. The van der Waals surface area contributed by atoms with E-state index >= 15 is 0 Å². The lowest BCUT2D eigenvalue weighted by atomic mass is 10.0. The van der Waals surface area contributed by atoms with Crippen molar-refractivity contribution in [1.29, 1.82) is 0 Å². The van der Waals surface area contributed by atoms with Crippen LogP contribution in [-0.4, -0.2) is 25.1 Å². The summed E-state index contributed by atoms with van der Waals surface area (Å²) in [7, 11) is 0. The molecule has 0 spiro atoms. The summed E-state index contributed by atoms with van der Waals surface area (Å²) in [5.74, 6) is 0.0628. The Morgan fingerprint density at radius 3 is 2.61 bits per heavy atom. The number of benzene rings is 2. The van der Waals surface area contributed by atoms with Gasteiger partial charge in [-0.2, -0.15) is 0 Å². The molecule has 1 heterocycles. The van der Waals surface area contributed by atoms with Gasteiger partial charge in [-0.25, -0.2) is 4.79 Å². The van der Waals surface area contributed by atoms with Gasteiger partial charge >= 0.3 is 5.97 Å². The van der Waals surface area contributed by atoms with Crippen molar-refractivity contribution in [3.63, 3.8) is 0 Å². The molecule has 2 aromatic carbocycles. The minimum atomic E-state index is -0.449. The first kappa shape index (κ1) is 25.3. The zero-order valence-electron chi connectivity index (χ0n) is 18.7. The van der Waals surface area contributed by atoms with E-state index in [1.807, 2.05) is 55.6 Å². The SMILES string of the molecule is CCOC(=O)c1c(-c2ccccc2)csc1NC(=O)CCCOc1cc(C)c(Cl)c(C)c1Br. The van der Waals surface area contributed by atoms with Crippen LogP contribution in [0.25, 0.3) is 11.1 Å². The maximum Gasteiger partial charge on any atom is 0.341 e. The van der Waals surface area contributed by atoms with Gasteiger partial charge in [0.25, 0.3) is 0 Å². The van der Waals surface area contributed by atoms with Crippen molar-refractivity contribution in [2.75, 3.05) is 18.5 Å². The largest absolute Gasteiger partial charge is 0.492 e. The number of aryl methyl sites for hydroxylation is 1. The molecular weight excluding hydrogens is 526 g/mol. The van der Waals surface area contributed by atoms with Crippen molar-refractivity contribution < 1.29 is 19.1 Å². The third-order valence-electron chi connectivity index (χ3n) is 4.98. The minimum Gasteiger partial charge on any atom is -0.492 e. The second-order valence-corrected chi connectivity index (χ2v) is 9.44. The molecule has 3 rings (SSSR count). The van der Waals surface area contributed by atoms with E-state index < -0.39 is 5.97 Å². The van der Waals surface area contributed by atoms with E-state index in [-0.39, 0.29) is 18.9 Å². The number of carbonyl (C=O) groups excluding carboxylic acids is 2. The molecule has 1 aromatic heterocycles. The van der Waals surface area contributed by atoms with E-state index in [1.54, 1.807) is 6.92 Å². The van der Waals surface area contributed by atoms with Gasteiger partial charge in [0, 0.05) is 22.4 Å². The molecule has 0 atom stereocenters. The first-order valence-corrected chi connectivity index (χ1v) is 12.6. The Balaban J connectivity index is 1.64. The molecule has 0 saturated carbocycles. The van der Waals surface area contributed by atoms with Crippen molar-refractivity contribution in [1.82, 2.24) is 0 Å². The summed E-state index contributed by atoms with van der Waals surface area (Å²) in [6.07, 6.45) is 0.772. The van der Waals surface area contributed by atoms with E-state index in [4.69, 9.17) is 21.1 Å². The minimum absolute atomic E-state index is 0.187. The number of anilines is 1. The average Bonchev–Trinajstić information content (AvgIpc) is 3.22. The van der Waals surface area contributed by atoms with Crippen LogP contribution in [0.2, 0.25) is 5.02 Å². The van der Waals surface area contributed by atoms with Crippen LogP contribution in [0.3, 0.4) is 0 Å². The van der Waals surface area contributed by atoms with E-state index in [0.29, 0.717) is 34.4 Å². The number of rotatable bonds is 9. The topological polar surface area (TPSA) is 64.6 Å². The predicted octanol–water partition coefficient (Wildman–Crippen LogP) is 7.42. The number of hydrogen-bond acceptors (Lipinski definition) is 5. The van der Waals surface area contributed by atoms with E-state index in [0.717, 1.165) is 26.7 Å². The molecule has 0 unspecified atom stereocenters. The van der Waals surface area contributed by atoms with Crippen molar-refractivity contribution in [2.45, 2.75) is 33.6 Å². The second-order valence-electron chi connectivity index (χ2n) is 7.38. The molecule has 0 saturated heterocycles. The maximum absolute atomic E-state index is 12.6. The molecule has 1 amide bonds. The Hall–Kier alpha value is -2.35. The zero-order chi connectivity index (χ0) is 24.0. The molecule has 0 fully saturated rings. The standard InChI is InChI=1S/C25H25BrClNO4S/c1-4-31-25(30)21-18(17-9-6-5-7-10-17)14-33-24(21)28-20(29)11-8-12-32-19-13-15(2)23(27)16(3)22(19)26/h5-7,9-10,13-14H,4,8,11-12H2,1-3H3,(H,28,29). The summed E-state index contributed by atoms with van der Waals surface area (Å²) in [5, 5.41) is 5.93. The average molecular weight is 551 g/mol. The first-order chi connectivity index (χ1) is 15.8. The number of hydrogen-bond donors (Lipinski definition) is 1. The first-order valence-electron chi connectivity index (χ1n) is 10.5. The van der Waals surface area contributed by atoms with Crippen LogP contribution < -0.4 is 10.1 Å². The smallest absolute Gasteiger partial charge is 0.341 e. The predicted molar refractivity (Wildman–Crippen MR) is 138 cm³/mol. The number of nitrogens with one attached hydrogen (secondary N) is 1. The normalized spacial score (nSPS) is 10.7. The third-order valence-corrected chi connectivity index (χ3v) is 7.45. The van der Waals surface area contributed by atoms with Gasteiger partial charge in [-0.1, -0.05) is 41.9 Å². The Kier molecular flexibility index (Phi) is 8.95. The van der Waals surface area contributed by atoms with Gasteiger partial charge in [0.1, 0.15) is 16.3 Å². The van der Waals surface area contributed by atoms with Crippen molar-refractivity contribution >= 4 is 55.7 Å². The van der Waals surface area contributed by atoms with Crippen LogP contribution in [0.4, 0.5) is 5.00 Å². The van der Waals surface area contributed by atoms with Gasteiger partial charge in [-0.3, -0.25) is 4.79 Å². The summed E-state index contributed by atoms with van der Waals surface area (Å²) >= 11 is 11.1. The highest BCUT2D eigenvalue weighted by atomic mass is 79.9. The van der Waals surface area contributed by atoms with E-state index in [1.165, 1.54) is 11.3 Å². The molecule has 5 nitrogen and oxygen atoms in total. The van der Waals surface area contributed by atoms with Crippen molar-refractivity contribution in [2.24, 2.45) is 0 Å². The fourth-order valence-corrected chi connectivity index (χ4v) is 4.96. The molecule has 174 valence electrons. The maximum atomic E-state index is 12.6. The van der Waals surface area contributed by atoms with Gasteiger partial charge in [0.05, 0.1) is 17.7 Å². The Bertz CT molecular complexity index is 1150. The molecule has 0 bridgehead atoms. The fourth-order valence-electron chi connectivity index (χ4n) is 3.30. The van der Waals surface area contributed by atoms with E-state index in [2.05, 4.69) is 21.2 Å². The lowest BCUT2D eigenvalue weighted by molar-refractivity contribution is -0.116. The highest BCUT2D eigenvalue weighted by molar-refractivity contribution is 9.10. The van der Waals surface area contributed by atoms with Crippen LogP contribution in [-0.2, 0) is 9.53 Å². The molecule has 3 aromatic rings. The molecule has 0 aliphatic carbocycles. The summed E-state index contributed by atoms with van der Waals surface area (Å²) in [4.78, 5) is 25.2. The molecule has 33 heavy (non-hydrogen) atoms. The number of halogens is 2. The molecule has 0 aliphatic rings. The van der Waals surface area contributed by atoms with Gasteiger partial charge in [0.15, 0.2) is 0 Å². The van der Waals surface area contributed by atoms with Crippen LogP contribution in [0.1, 0.15) is 41.3 Å². The number of ether oxygens (including phenoxy) is 2. The number of esters is 1. The fraction of sp³-hybridized carbons (Fsp3) is 0.280. The Labute approximate surface area is 211 Å². The van der Waals surface area contributed by atoms with Gasteiger partial charge in [-0.15, -0.1) is 11.3 Å². The third kappa shape index (κ3) is 6.16. The highest BCUT2D eigenvalue weighted by Gasteiger charge is 2.22. The van der Waals surface area contributed by atoms with Crippen molar-refractivity contribution in [3.8, 4) is 16.9 Å². The molecule has 0 radical (unpaired) electrons. The van der Waals surface area contributed by atoms with Crippen LogP contribution in [0.15, 0.2) is 46.3 Å². The number of carbonyl (C=O) groups is 2. The lowest BCUT2D eigenvalue weighted by Crippen LogP contribution is -2.15. The Morgan fingerprint density at radius 1 is 1.18 bits per heavy atom. The quantitative estimate of drug-likeness (QED) is 0.222. The highest BCUT2D eigenvalue weighted by Crippen LogP contribution is 2.37. The molecular formula is C25H25BrClNO4S. The summed E-state index contributed by atoms with van der Waals surface area (Å²) < 4.78 is 11.9. The Morgan fingerprint density at radius 2 is 1.91 bits per heavy atom. The molecule has 8 heteroatoms. The van der Waals surface area contributed by atoms with E-state index in [9.17, 15) is 9.59 Å². The van der Waals surface area contributed by atoms with Gasteiger partial charge < -0.3 is 14.8 Å². The van der Waals surface area contributed by atoms with Crippen LogP contribution in [0, 0.1) is 13.8 Å².